The van der Waals surface area contributed by atoms with Crippen molar-refractivity contribution >= 4 is 17.7 Å². The first kappa shape index (κ1) is 19.7. The zero-order valence-corrected chi connectivity index (χ0v) is 16.4. The quantitative estimate of drug-likeness (QED) is 0.734. The lowest BCUT2D eigenvalue weighted by molar-refractivity contribution is -0.0524. The highest BCUT2D eigenvalue weighted by molar-refractivity contribution is 5.93. The predicted molar refractivity (Wildman–Crippen MR) is 102 cm³/mol. The highest BCUT2D eigenvalue weighted by atomic mass is 16.6. The van der Waals surface area contributed by atoms with E-state index >= 15 is 0 Å². The molecule has 0 aromatic heterocycles. The van der Waals surface area contributed by atoms with Gasteiger partial charge in [0.05, 0.1) is 18.3 Å². The summed E-state index contributed by atoms with van der Waals surface area (Å²) in [5, 5.41) is 2.72. The fraction of sp³-hybridized carbons (Fsp3) is 0.619. The van der Waals surface area contributed by atoms with Crippen molar-refractivity contribution < 1.29 is 23.8 Å². The van der Waals surface area contributed by atoms with Crippen LogP contribution < -0.4 is 5.32 Å². The molecule has 1 unspecified atom stereocenters. The van der Waals surface area contributed by atoms with Crippen LogP contribution in [0.5, 0.6) is 0 Å². The normalized spacial score (nSPS) is 23.4. The Bertz CT molecular complexity index is 694. The lowest BCUT2D eigenvalue weighted by Crippen LogP contribution is -2.32. The average molecular weight is 375 g/mol. The molecule has 3 rings (SSSR count). The molecule has 2 aliphatic rings. The molecule has 1 N–H and O–H groups in total. The lowest BCUT2D eigenvalue weighted by atomic mass is 10.0. The molecule has 6 nitrogen and oxygen atoms in total. The second kappa shape index (κ2) is 8.30. The maximum atomic E-state index is 12.7. The molecule has 1 heterocycles. The molecular formula is C21H29NO5. The number of carbonyl (C=O) groups excluding carboxylic acids is 2. The zero-order chi connectivity index (χ0) is 19.4. The second-order valence-electron chi connectivity index (χ2n) is 8.24. The molecule has 1 aromatic carbocycles. The summed E-state index contributed by atoms with van der Waals surface area (Å²) in [6, 6.07) is 5.21. The highest BCUT2D eigenvalue weighted by Gasteiger charge is 2.30. The minimum absolute atomic E-state index is 0.0230. The fourth-order valence-corrected chi connectivity index (χ4v) is 3.59. The smallest absolute Gasteiger partial charge is 0.412 e. The number of hydrogen-bond donors (Lipinski definition) is 1. The Morgan fingerprint density at radius 1 is 1.15 bits per heavy atom. The third-order valence-electron chi connectivity index (χ3n) is 4.82. The van der Waals surface area contributed by atoms with Crippen LogP contribution in [0.1, 0.15) is 68.8 Å². The van der Waals surface area contributed by atoms with Gasteiger partial charge in [-0.1, -0.05) is 12.8 Å². The molecule has 1 aliphatic heterocycles. The van der Waals surface area contributed by atoms with Crippen LogP contribution in [0.2, 0.25) is 0 Å². The second-order valence-corrected chi connectivity index (χ2v) is 8.24. The molecule has 0 bridgehead atoms. The monoisotopic (exact) mass is 375 g/mol. The van der Waals surface area contributed by atoms with Crippen molar-refractivity contribution in [3.8, 4) is 0 Å². The molecule has 6 heteroatoms. The van der Waals surface area contributed by atoms with Crippen molar-refractivity contribution in [2.75, 3.05) is 11.9 Å². The van der Waals surface area contributed by atoms with Crippen molar-refractivity contribution in [2.45, 2.75) is 77.1 Å². The topological polar surface area (TPSA) is 73.9 Å². The Morgan fingerprint density at radius 3 is 2.63 bits per heavy atom. The molecule has 1 saturated carbocycles. The maximum Gasteiger partial charge on any atom is 0.412 e. The maximum absolute atomic E-state index is 12.7. The van der Waals surface area contributed by atoms with E-state index in [9.17, 15) is 9.59 Å². The van der Waals surface area contributed by atoms with Crippen LogP contribution in [-0.2, 0) is 20.6 Å². The standard InChI is InChI=1S/C21H29NO5/c1-21(2,3)27-20(24)22-15-9-10-16-14(13-15)11-12-25-17-7-5-4-6-8-18(17)26-19(16)23/h9-10,13,17-18H,4-8,11-12H2,1-3H3,(H,22,24)/t17?,18-/m0/s1. The minimum atomic E-state index is -0.571. The molecule has 1 fully saturated rings. The van der Waals surface area contributed by atoms with Crippen molar-refractivity contribution in [3.05, 3.63) is 29.3 Å². The average Bonchev–Trinajstić information content (AvgIpc) is 2.75. The Balaban J connectivity index is 1.76. The summed E-state index contributed by atoms with van der Waals surface area (Å²) in [7, 11) is 0. The van der Waals surface area contributed by atoms with Crippen LogP contribution in [0.15, 0.2) is 18.2 Å². The van der Waals surface area contributed by atoms with Crippen LogP contribution in [0.25, 0.3) is 0 Å². The number of benzene rings is 1. The van der Waals surface area contributed by atoms with Crippen molar-refractivity contribution in [3.63, 3.8) is 0 Å². The van der Waals surface area contributed by atoms with Crippen LogP contribution in [-0.4, -0.2) is 36.5 Å². The molecule has 2 atom stereocenters. The third kappa shape index (κ3) is 5.45. The summed E-state index contributed by atoms with van der Waals surface area (Å²) in [6.45, 7) is 5.96. The van der Waals surface area contributed by atoms with E-state index in [1.807, 2.05) is 20.8 Å². The van der Waals surface area contributed by atoms with E-state index in [1.165, 1.54) is 0 Å². The van der Waals surface area contributed by atoms with Crippen molar-refractivity contribution in [1.29, 1.82) is 0 Å². The van der Waals surface area contributed by atoms with E-state index in [0.29, 0.717) is 24.3 Å². The van der Waals surface area contributed by atoms with Gasteiger partial charge in [0, 0.05) is 5.69 Å². The summed E-state index contributed by atoms with van der Waals surface area (Å²) in [4.78, 5) is 24.7. The van der Waals surface area contributed by atoms with Crippen LogP contribution in [0.3, 0.4) is 0 Å². The molecule has 27 heavy (non-hydrogen) atoms. The van der Waals surface area contributed by atoms with E-state index in [4.69, 9.17) is 14.2 Å². The van der Waals surface area contributed by atoms with Gasteiger partial charge in [-0.15, -0.1) is 0 Å². The van der Waals surface area contributed by atoms with Gasteiger partial charge in [0.25, 0.3) is 0 Å². The first-order valence-corrected chi connectivity index (χ1v) is 9.77. The number of esters is 1. The van der Waals surface area contributed by atoms with Gasteiger partial charge in [-0.25, -0.2) is 9.59 Å². The van der Waals surface area contributed by atoms with Crippen molar-refractivity contribution in [1.82, 2.24) is 0 Å². The lowest BCUT2D eigenvalue weighted by Gasteiger charge is -2.24. The van der Waals surface area contributed by atoms with E-state index in [0.717, 1.165) is 37.7 Å². The third-order valence-corrected chi connectivity index (χ3v) is 4.82. The van der Waals surface area contributed by atoms with Crippen molar-refractivity contribution in [2.24, 2.45) is 0 Å². The van der Waals surface area contributed by atoms with E-state index in [-0.39, 0.29) is 18.2 Å². The Labute approximate surface area is 160 Å². The first-order chi connectivity index (χ1) is 12.8. The summed E-state index contributed by atoms with van der Waals surface area (Å²) in [6.07, 6.45) is 4.98. The van der Waals surface area contributed by atoms with Gasteiger partial charge in [-0.05, 0) is 70.2 Å². The fourth-order valence-electron chi connectivity index (χ4n) is 3.59. The number of anilines is 1. The number of amides is 1. The molecule has 1 aromatic rings. The highest BCUT2D eigenvalue weighted by Crippen LogP contribution is 2.27. The van der Waals surface area contributed by atoms with Gasteiger partial charge in [0.2, 0.25) is 0 Å². The molecular weight excluding hydrogens is 346 g/mol. The number of nitrogens with one attached hydrogen (secondary N) is 1. The summed E-state index contributed by atoms with van der Waals surface area (Å²) in [5.74, 6) is -0.309. The zero-order valence-electron chi connectivity index (χ0n) is 16.4. The molecule has 1 aliphatic carbocycles. The van der Waals surface area contributed by atoms with Gasteiger partial charge in [0.1, 0.15) is 11.7 Å². The summed E-state index contributed by atoms with van der Waals surface area (Å²) >= 11 is 0. The van der Waals surface area contributed by atoms with Crippen LogP contribution >= 0.6 is 0 Å². The number of rotatable bonds is 1. The van der Waals surface area contributed by atoms with Gasteiger partial charge in [0.15, 0.2) is 0 Å². The summed E-state index contributed by atoms with van der Waals surface area (Å²) < 4.78 is 17.1. The largest absolute Gasteiger partial charge is 0.456 e. The Kier molecular flexibility index (Phi) is 6.05. The van der Waals surface area contributed by atoms with Gasteiger partial charge < -0.3 is 14.2 Å². The predicted octanol–water partition coefficient (Wildman–Crippen LogP) is 4.46. The molecule has 0 radical (unpaired) electrons. The SMILES string of the molecule is CC(C)(C)OC(=O)Nc1ccc2c(c1)CCOC1CCCCC[C@@H]1OC2=O. The Morgan fingerprint density at radius 2 is 1.89 bits per heavy atom. The van der Waals surface area contributed by atoms with E-state index in [1.54, 1.807) is 18.2 Å². The number of hydrogen-bond acceptors (Lipinski definition) is 5. The van der Waals surface area contributed by atoms with Gasteiger partial charge >= 0.3 is 12.1 Å². The van der Waals surface area contributed by atoms with Crippen LogP contribution in [0, 0.1) is 0 Å². The number of ether oxygens (including phenoxy) is 3. The van der Waals surface area contributed by atoms with Crippen LogP contribution in [0.4, 0.5) is 10.5 Å². The first-order valence-electron chi connectivity index (χ1n) is 9.77. The minimum Gasteiger partial charge on any atom is -0.456 e. The summed E-state index contributed by atoms with van der Waals surface area (Å²) in [5.41, 5.74) is 1.37. The Hall–Kier alpha value is -2.08. The molecule has 148 valence electrons. The van der Waals surface area contributed by atoms with Gasteiger partial charge in [-0.2, -0.15) is 0 Å². The van der Waals surface area contributed by atoms with E-state index in [2.05, 4.69) is 5.32 Å². The molecule has 0 spiro atoms. The van der Waals surface area contributed by atoms with Gasteiger partial charge in [-0.3, -0.25) is 5.32 Å². The molecule has 0 saturated heterocycles. The van der Waals surface area contributed by atoms with E-state index < -0.39 is 11.7 Å². The molecule has 1 amide bonds. The number of carbonyl (C=O) groups is 2. The number of fused-ring (bicyclic) bond motifs is 2.